The van der Waals surface area contributed by atoms with Gasteiger partial charge in [-0.25, -0.2) is 8.42 Å². The van der Waals surface area contributed by atoms with Gasteiger partial charge in [0.1, 0.15) is 0 Å². The number of benzene rings is 1. The Hall–Kier alpha value is -0.780. The third kappa shape index (κ3) is 4.87. The highest BCUT2D eigenvalue weighted by Crippen LogP contribution is 2.28. The van der Waals surface area contributed by atoms with Crippen molar-refractivity contribution in [2.45, 2.75) is 20.4 Å². The molecule has 1 fully saturated rings. The van der Waals surface area contributed by atoms with Crippen LogP contribution in [0.5, 0.6) is 0 Å². The van der Waals surface area contributed by atoms with Gasteiger partial charge in [-0.05, 0) is 30.2 Å². The van der Waals surface area contributed by atoms with E-state index in [-0.39, 0.29) is 11.5 Å². The Morgan fingerprint density at radius 1 is 1.29 bits per heavy atom. The number of halogens is 1. The fourth-order valence-corrected chi connectivity index (χ4v) is 3.90. The third-order valence-corrected chi connectivity index (χ3v) is 5.49. The molecule has 21 heavy (non-hydrogen) atoms. The quantitative estimate of drug-likeness (QED) is 0.900. The minimum absolute atomic E-state index is 0.209. The van der Waals surface area contributed by atoms with Crippen LogP contribution in [0.25, 0.3) is 0 Å². The zero-order chi connectivity index (χ0) is 15.5. The van der Waals surface area contributed by atoms with Crippen LogP contribution in [0.3, 0.4) is 0 Å². The van der Waals surface area contributed by atoms with Crippen LogP contribution >= 0.6 is 11.6 Å². The molecule has 0 saturated carbocycles. The smallest absolute Gasteiger partial charge is 0.153 e. The summed E-state index contributed by atoms with van der Waals surface area (Å²) in [6.07, 6.45) is 0. The van der Waals surface area contributed by atoms with E-state index in [0.717, 1.165) is 24.3 Å². The Labute approximate surface area is 132 Å². The lowest BCUT2D eigenvalue weighted by Crippen LogP contribution is -2.40. The fraction of sp³-hybridized carbons (Fsp3) is 0.600. The molecule has 0 bridgehead atoms. The first kappa shape index (κ1) is 16.6. The summed E-state index contributed by atoms with van der Waals surface area (Å²) in [6, 6.07) is 6.01. The summed E-state index contributed by atoms with van der Waals surface area (Å²) < 4.78 is 22.9. The molecule has 0 radical (unpaired) electrons. The van der Waals surface area contributed by atoms with E-state index in [1.165, 1.54) is 0 Å². The molecule has 0 spiro atoms. The SMILES string of the molecule is CC(C)CNCc1ccc(N2CCS(=O)(=O)CC2)c(Cl)c1. The maximum Gasteiger partial charge on any atom is 0.153 e. The Kier molecular flexibility index (Phi) is 5.52. The van der Waals surface area contributed by atoms with E-state index in [1.54, 1.807) is 0 Å². The third-order valence-electron chi connectivity index (χ3n) is 3.58. The summed E-state index contributed by atoms with van der Waals surface area (Å²) in [6.45, 7) is 7.16. The summed E-state index contributed by atoms with van der Waals surface area (Å²) in [5.41, 5.74) is 2.08. The second kappa shape index (κ2) is 6.99. The number of nitrogens with zero attached hydrogens (tertiary/aromatic N) is 1. The van der Waals surface area contributed by atoms with E-state index in [1.807, 2.05) is 12.1 Å². The van der Waals surface area contributed by atoms with Crippen molar-refractivity contribution in [3.63, 3.8) is 0 Å². The molecule has 4 nitrogen and oxygen atoms in total. The Morgan fingerprint density at radius 2 is 1.95 bits per heavy atom. The largest absolute Gasteiger partial charge is 0.368 e. The van der Waals surface area contributed by atoms with Gasteiger partial charge in [0, 0.05) is 19.6 Å². The van der Waals surface area contributed by atoms with Crippen LogP contribution < -0.4 is 10.2 Å². The zero-order valence-electron chi connectivity index (χ0n) is 12.6. The van der Waals surface area contributed by atoms with Crippen molar-refractivity contribution in [3.05, 3.63) is 28.8 Å². The first-order valence-corrected chi connectivity index (χ1v) is 9.52. The fourth-order valence-electron chi connectivity index (χ4n) is 2.38. The van der Waals surface area contributed by atoms with Gasteiger partial charge in [0.25, 0.3) is 0 Å². The van der Waals surface area contributed by atoms with Crippen LogP contribution in [0.4, 0.5) is 5.69 Å². The molecule has 118 valence electrons. The summed E-state index contributed by atoms with van der Waals surface area (Å²) in [7, 11) is -2.86. The van der Waals surface area contributed by atoms with Crippen LogP contribution in [0, 0.1) is 5.92 Å². The Morgan fingerprint density at radius 3 is 2.52 bits per heavy atom. The maximum atomic E-state index is 11.5. The number of hydrogen-bond acceptors (Lipinski definition) is 4. The predicted octanol–water partition coefficient (Wildman–Crippen LogP) is 2.32. The lowest BCUT2D eigenvalue weighted by Gasteiger charge is -2.29. The number of anilines is 1. The first-order chi connectivity index (χ1) is 9.87. The van der Waals surface area contributed by atoms with Gasteiger partial charge in [0.05, 0.1) is 22.2 Å². The highest BCUT2D eigenvalue weighted by atomic mass is 35.5. The van der Waals surface area contributed by atoms with Crippen LogP contribution in [0.2, 0.25) is 5.02 Å². The molecule has 1 aromatic rings. The number of sulfone groups is 1. The average Bonchev–Trinajstić information content (AvgIpc) is 2.39. The molecule has 1 N–H and O–H groups in total. The molecule has 1 aromatic carbocycles. The highest BCUT2D eigenvalue weighted by Gasteiger charge is 2.22. The predicted molar refractivity (Wildman–Crippen MR) is 88.9 cm³/mol. The number of nitrogens with one attached hydrogen (secondary N) is 1. The van der Waals surface area contributed by atoms with Crippen LogP contribution in [0.1, 0.15) is 19.4 Å². The standard InChI is InChI=1S/C15H23ClN2O2S/c1-12(2)10-17-11-13-3-4-15(14(16)9-13)18-5-7-21(19,20)8-6-18/h3-4,9,12,17H,5-8,10-11H2,1-2H3. The monoisotopic (exact) mass is 330 g/mol. The Bertz CT molecular complexity index is 573. The average molecular weight is 331 g/mol. The lowest BCUT2D eigenvalue weighted by molar-refractivity contribution is 0.552. The van der Waals surface area contributed by atoms with Crippen molar-refractivity contribution < 1.29 is 8.42 Å². The van der Waals surface area contributed by atoms with Crippen molar-refractivity contribution in [2.75, 3.05) is 36.0 Å². The molecule has 1 heterocycles. The van der Waals surface area contributed by atoms with E-state index in [4.69, 9.17) is 11.6 Å². The first-order valence-electron chi connectivity index (χ1n) is 7.32. The molecule has 0 atom stereocenters. The van der Waals surface area contributed by atoms with Crippen LogP contribution in [-0.2, 0) is 16.4 Å². The van der Waals surface area contributed by atoms with Gasteiger partial charge in [-0.15, -0.1) is 0 Å². The van der Waals surface area contributed by atoms with E-state index < -0.39 is 9.84 Å². The van der Waals surface area contributed by atoms with Gasteiger partial charge in [0.15, 0.2) is 9.84 Å². The van der Waals surface area contributed by atoms with Crippen molar-refractivity contribution in [1.29, 1.82) is 0 Å². The van der Waals surface area contributed by atoms with Crippen molar-refractivity contribution >= 4 is 27.1 Å². The molecule has 0 aliphatic carbocycles. The van der Waals surface area contributed by atoms with E-state index in [9.17, 15) is 8.42 Å². The molecular weight excluding hydrogens is 308 g/mol. The van der Waals surface area contributed by atoms with Crippen LogP contribution in [-0.4, -0.2) is 39.6 Å². The topological polar surface area (TPSA) is 49.4 Å². The highest BCUT2D eigenvalue weighted by molar-refractivity contribution is 7.91. The van der Waals surface area contributed by atoms with Gasteiger partial charge in [0.2, 0.25) is 0 Å². The lowest BCUT2D eigenvalue weighted by atomic mass is 10.1. The maximum absolute atomic E-state index is 11.5. The summed E-state index contributed by atoms with van der Waals surface area (Å²) in [5.74, 6) is 1.04. The molecule has 2 rings (SSSR count). The van der Waals surface area contributed by atoms with Gasteiger partial charge in [-0.1, -0.05) is 31.5 Å². The zero-order valence-corrected chi connectivity index (χ0v) is 14.2. The molecular formula is C15H23ClN2O2S. The normalized spacial score (nSPS) is 18.2. The second-order valence-corrected chi connectivity index (χ2v) is 8.66. The Balaban J connectivity index is 1.99. The van der Waals surface area contributed by atoms with E-state index >= 15 is 0 Å². The molecule has 1 saturated heterocycles. The molecule has 6 heteroatoms. The summed E-state index contributed by atoms with van der Waals surface area (Å²) in [4.78, 5) is 2.05. The molecule has 0 amide bonds. The minimum atomic E-state index is -2.86. The number of hydrogen-bond donors (Lipinski definition) is 1. The summed E-state index contributed by atoms with van der Waals surface area (Å²) >= 11 is 6.36. The summed E-state index contributed by atoms with van der Waals surface area (Å²) in [5, 5.41) is 4.08. The van der Waals surface area contributed by atoms with E-state index in [0.29, 0.717) is 24.0 Å². The molecule has 1 aliphatic rings. The van der Waals surface area contributed by atoms with Gasteiger partial charge in [-0.2, -0.15) is 0 Å². The molecule has 0 unspecified atom stereocenters. The van der Waals surface area contributed by atoms with Crippen LogP contribution in [0.15, 0.2) is 18.2 Å². The molecule has 0 aromatic heterocycles. The van der Waals surface area contributed by atoms with Crippen molar-refractivity contribution in [1.82, 2.24) is 5.32 Å². The minimum Gasteiger partial charge on any atom is -0.368 e. The van der Waals surface area contributed by atoms with Gasteiger partial charge in [-0.3, -0.25) is 0 Å². The van der Waals surface area contributed by atoms with Crippen molar-refractivity contribution in [2.24, 2.45) is 5.92 Å². The van der Waals surface area contributed by atoms with Gasteiger partial charge >= 0.3 is 0 Å². The van der Waals surface area contributed by atoms with Gasteiger partial charge < -0.3 is 10.2 Å². The second-order valence-electron chi connectivity index (χ2n) is 5.95. The number of rotatable bonds is 5. The van der Waals surface area contributed by atoms with E-state index in [2.05, 4.69) is 30.1 Å². The van der Waals surface area contributed by atoms with Crippen molar-refractivity contribution in [3.8, 4) is 0 Å². The molecule has 1 aliphatic heterocycles.